The number of fused-ring (bicyclic) bond motifs is 2. The Hall–Kier alpha value is -3.29. The standard InChI is InChI=1S/C29H30N4O2S/c1-36-19-10-11-25-21(16-19)23(18-33(25)15-7-14-32-12-5-2-6-13-32)27-26(28(34)31-29(27)35)22-17-30-24-9-4-3-8-20(22)24/h3-4,8-11,16-18,30H,2,5-7,12-15H2,1H3,(H,31,34,35). The number of amides is 2. The SMILES string of the molecule is CSc1ccc2c(c1)c(C1=C(c3c[nH]c4ccccc34)C(=O)NC1=O)cn2CCCN1CCCCC1. The van der Waals surface area contributed by atoms with Crippen LogP contribution in [0.5, 0.6) is 0 Å². The second-order valence-corrected chi connectivity index (χ2v) is 10.5. The molecule has 184 valence electrons. The first-order valence-corrected chi connectivity index (χ1v) is 13.9. The van der Waals surface area contributed by atoms with E-state index in [4.69, 9.17) is 0 Å². The second-order valence-electron chi connectivity index (χ2n) is 9.66. The molecule has 0 saturated carbocycles. The smallest absolute Gasteiger partial charge is 0.259 e. The lowest BCUT2D eigenvalue weighted by Gasteiger charge is -2.26. The summed E-state index contributed by atoms with van der Waals surface area (Å²) in [6.45, 7) is 4.34. The number of imide groups is 1. The van der Waals surface area contributed by atoms with Gasteiger partial charge in [-0.1, -0.05) is 24.6 Å². The Bertz CT molecular complexity index is 1510. The number of H-pyrrole nitrogens is 1. The van der Waals surface area contributed by atoms with Gasteiger partial charge in [0.25, 0.3) is 11.8 Å². The third kappa shape index (κ3) is 4.06. The van der Waals surface area contributed by atoms with Crippen molar-refractivity contribution in [2.45, 2.75) is 37.1 Å². The number of aromatic amines is 1. The van der Waals surface area contributed by atoms with E-state index in [1.807, 2.05) is 30.5 Å². The third-order valence-corrected chi connectivity index (χ3v) is 8.19. The van der Waals surface area contributed by atoms with Crippen molar-refractivity contribution in [1.82, 2.24) is 19.8 Å². The summed E-state index contributed by atoms with van der Waals surface area (Å²) in [6, 6.07) is 14.3. The van der Waals surface area contributed by atoms with Crippen molar-refractivity contribution in [3.05, 3.63) is 66.0 Å². The molecular formula is C29H30N4O2S. The van der Waals surface area contributed by atoms with E-state index >= 15 is 0 Å². The number of thioether (sulfide) groups is 1. The first kappa shape index (κ1) is 23.1. The lowest BCUT2D eigenvalue weighted by Crippen LogP contribution is -2.31. The number of piperidine rings is 1. The van der Waals surface area contributed by atoms with Gasteiger partial charge in [0, 0.05) is 56.8 Å². The molecule has 0 atom stereocenters. The number of hydrogen-bond acceptors (Lipinski definition) is 4. The molecule has 2 aromatic heterocycles. The lowest BCUT2D eigenvalue weighted by molar-refractivity contribution is -0.122. The number of hydrogen-bond donors (Lipinski definition) is 2. The summed E-state index contributed by atoms with van der Waals surface area (Å²) in [5.41, 5.74) is 4.52. The molecule has 0 bridgehead atoms. The molecule has 7 heteroatoms. The van der Waals surface area contributed by atoms with Crippen molar-refractivity contribution in [3.8, 4) is 0 Å². The minimum atomic E-state index is -0.341. The Kier molecular flexibility index (Phi) is 6.19. The molecule has 6 rings (SSSR count). The number of nitrogens with zero attached hydrogens (tertiary/aromatic N) is 2. The lowest BCUT2D eigenvalue weighted by atomic mass is 9.95. The average molecular weight is 499 g/mol. The number of rotatable bonds is 7. The van der Waals surface area contributed by atoms with Crippen LogP contribution in [0.25, 0.3) is 33.0 Å². The summed E-state index contributed by atoms with van der Waals surface area (Å²) in [7, 11) is 0. The largest absolute Gasteiger partial charge is 0.361 e. The average Bonchev–Trinajstić information content (AvgIpc) is 3.57. The highest BCUT2D eigenvalue weighted by Crippen LogP contribution is 2.39. The molecule has 2 aliphatic rings. The fourth-order valence-corrected chi connectivity index (χ4v) is 6.12. The molecule has 1 saturated heterocycles. The summed E-state index contributed by atoms with van der Waals surface area (Å²) in [6.07, 6.45) is 10.9. The molecule has 2 aliphatic heterocycles. The Morgan fingerprint density at radius 3 is 2.47 bits per heavy atom. The summed E-state index contributed by atoms with van der Waals surface area (Å²) < 4.78 is 2.26. The van der Waals surface area contributed by atoms with Gasteiger partial charge < -0.3 is 14.5 Å². The Balaban J connectivity index is 1.45. The minimum Gasteiger partial charge on any atom is -0.361 e. The van der Waals surface area contributed by atoms with Crippen LogP contribution >= 0.6 is 11.8 Å². The van der Waals surface area contributed by atoms with E-state index in [1.165, 1.54) is 32.4 Å². The van der Waals surface area contributed by atoms with Crippen molar-refractivity contribution in [3.63, 3.8) is 0 Å². The monoisotopic (exact) mass is 498 g/mol. The minimum absolute atomic E-state index is 0.331. The van der Waals surface area contributed by atoms with Gasteiger partial charge in [0.15, 0.2) is 0 Å². The molecule has 2 aromatic carbocycles. The molecule has 2 N–H and O–H groups in total. The predicted molar refractivity (Wildman–Crippen MR) is 147 cm³/mol. The normalized spacial score (nSPS) is 17.0. The van der Waals surface area contributed by atoms with Crippen molar-refractivity contribution >= 4 is 56.5 Å². The quantitative estimate of drug-likeness (QED) is 0.268. The van der Waals surface area contributed by atoms with E-state index in [1.54, 1.807) is 11.8 Å². The van der Waals surface area contributed by atoms with Crippen LogP contribution in [0.3, 0.4) is 0 Å². The summed E-state index contributed by atoms with van der Waals surface area (Å²) >= 11 is 1.68. The fourth-order valence-electron chi connectivity index (χ4n) is 5.68. The van der Waals surface area contributed by atoms with Crippen molar-refractivity contribution in [1.29, 1.82) is 0 Å². The molecule has 2 amide bonds. The van der Waals surface area contributed by atoms with Gasteiger partial charge in [-0.25, -0.2) is 0 Å². The van der Waals surface area contributed by atoms with Crippen LogP contribution in [0.15, 0.2) is 59.8 Å². The number of benzene rings is 2. The molecule has 1 fully saturated rings. The molecule has 0 aliphatic carbocycles. The van der Waals surface area contributed by atoms with Gasteiger partial charge in [-0.3, -0.25) is 14.9 Å². The van der Waals surface area contributed by atoms with Crippen molar-refractivity contribution in [2.24, 2.45) is 0 Å². The van der Waals surface area contributed by atoms with E-state index in [2.05, 4.69) is 50.4 Å². The molecule has 36 heavy (non-hydrogen) atoms. The molecular weight excluding hydrogens is 468 g/mol. The number of likely N-dealkylation sites (tertiary alicyclic amines) is 1. The maximum Gasteiger partial charge on any atom is 0.259 e. The van der Waals surface area contributed by atoms with Crippen LogP contribution in [0.1, 0.15) is 36.8 Å². The predicted octanol–water partition coefficient (Wildman–Crippen LogP) is 5.29. The molecule has 6 nitrogen and oxygen atoms in total. The molecule has 4 aromatic rings. The van der Waals surface area contributed by atoms with Gasteiger partial charge in [-0.2, -0.15) is 0 Å². The van der Waals surface area contributed by atoms with E-state index in [0.717, 1.165) is 57.3 Å². The van der Waals surface area contributed by atoms with E-state index in [0.29, 0.717) is 11.1 Å². The van der Waals surface area contributed by atoms with Crippen LogP contribution in [0.2, 0.25) is 0 Å². The number of para-hydroxylation sites is 1. The van der Waals surface area contributed by atoms with Crippen LogP contribution in [-0.2, 0) is 16.1 Å². The van der Waals surface area contributed by atoms with Gasteiger partial charge in [0.2, 0.25) is 0 Å². The zero-order valence-electron chi connectivity index (χ0n) is 20.5. The molecule has 0 unspecified atom stereocenters. The maximum atomic E-state index is 13.2. The number of carbonyl (C=O) groups is 2. The Morgan fingerprint density at radius 2 is 1.67 bits per heavy atom. The van der Waals surface area contributed by atoms with Crippen LogP contribution in [-0.4, -0.2) is 52.2 Å². The number of nitrogens with one attached hydrogen (secondary N) is 2. The summed E-state index contributed by atoms with van der Waals surface area (Å²) in [4.78, 5) is 33.3. The van der Waals surface area contributed by atoms with Crippen LogP contribution < -0.4 is 5.32 Å². The zero-order chi connectivity index (χ0) is 24.6. The number of carbonyl (C=O) groups excluding carboxylic acids is 2. The topological polar surface area (TPSA) is 70.1 Å². The first-order valence-electron chi connectivity index (χ1n) is 12.7. The first-order chi connectivity index (χ1) is 17.6. The highest BCUT2D eigenvalue weighted by atomic mass is 32.2. The maximum absolute atomic E-state index is 13.2. The molecule has 0 radical (unpaired) electrons. The second kappa shape index (κ2) is 9.64. The zero-order valence-corrected chi connectivity index (χ0v) is 21.3. The van der Waals surface area contributed by atoms with E-state index in [9.17, 15) is 9.59 Å². The van der Waals surface area contributed by atoms with Crippen molar-refractivity contribution in [2.75, 3.05) is 25.9 Å². The summed E-state index contributed by atoms with van der Waals surface area (Å²) in [5.74, 6) is -0.672. The Morgan fingerprint density at radius 1 is 0.889 bits per heavy atom. The van der Waals surface area contributed by atoms with Gasteiger partial charge in [0.1, 0.15) is 0 Å². The fraction of sp³-hybridized carbons (Fsp3) is 0.310. The number of aryl methyl sites for hydroxylation is 1. The highest BCUT2D eigenvalue weighted by molar-refractivity contribution is 7.98. The van der Waals surface area contributed by atoms with Gasteiger partial charge in [0.05, 0.1) is 11.1 Å². The highest BCUT2D eigenvalue weighted by Gasteiger charge is 2.35. The van der Waals surface area contributed by atoms with E-state index in [-0.39, 0.29) is 11.8 Å². The Labute approximate surface area is 214 Å². The number of aromatic nitrogens is 2. The van der Waals surface area contributed by atoms with Gasteiger partial charge in [-0.15, -0.1) is 11.8 Å². The van der Waals surface area contributed by atoms with Crippen molar-refractivity contribution < 1.29 is 9.59 Å². The van der Waals surface area contributed by atoms with E-state index < -0.39 is 0 Å². The third-order valence-electron chi connectivity index (χ3n) is 7.47. The van der Waals surface area contributed by atoms with Gasteiger partial charge in [-0.05, 0) is 69.4 Å². The van der Waals surface area contributed by atoms with Gasteiger partial charge >= 0.3 is 0 Å². The van der Waals surface area contributed by atoms with Crippen LogP contribution in [0, 0.1) is 0 Å². The van der Waals surface area contributed by atoms with Crippen LogP contribution in [0.4, 0.5) is 0 Å². The molecule has 0 spiro atoms. The molecule has 4 heterocycles. The summed E-state index contributed by atoms with van der Waals surface area (Å²) in [5, 5.41) is 4.52.